The average molecular weight is 230 g/mol. The number of aryl methyl sites for hydroxylation is 1. The number of aliphatic hydroxyl groups is 1. The minimum Gasteiger partial charge on any atom is -0.493 e. The van der Waals surface area contributed by atoms with E-state index in [4.69, 9.17) is 9.15 Å². The third-order valence-corrected chi connectivity index (χ3v) is 3.06. The molecule has 1 atom stereocenters. The fourth-order valence-corrected chi connectivity index (χ4v) is 2.16. The molecule has 0 spiro atoms. The van der Waals surface area contributed by atoms with E-state index >= 15 is 0 Å². The fraction of sp³-hybridized carbons (Fsp3) is 0.286. The first-order valence-corrected chi connectivity index (χ1v) is 5.82. The predicted octanol–water partition coefficient (Wildman–Crippen LogP) is 2.69. The van der Waals surface area contributed by atoms with Gasteiger partial charge in [0, 0.05) is 0 Å². The summed E-state index contributed by atoms with van der Waals surface area (Å²) in [6, 6.07) is 9.37. The van der Waals surface area contributed by atoms with Gasteiger partial charge in [0.15, 0.2) is 0 Å². The van der Waals surface area contributed by atoms with Gasteiger partial charge in [-0.25, -0.2) is 0 Å². The second-order valence-electron chi connectivity index (χ2n) is 4.24. The molecule has 3 rings (SSSR count). The van der Waals surface area contributed by atoms with Gasteiger partial charge in [0.2, 0.25) is 0 Å². The van der Waals surface area contributed by atoms with Crippen LogP contribution in [0.2, 0.25) is 0 Å². The molecule has 0 bridgehead atoms. The summed E-state index contributed by atoms with van der Waals surface area (Å²) in [5, 5.41) is 10.1. The Morgan fingerprint density at radius 3 is 3.00 bits per heavy atom. The topological polar surface area (TPSA) is 42.6 Å². The lowest BCUT2D eigenvalue weighted by molar-refractivity contribution is 0.189. The van der Waals surface area contributed by atoms with Crippen molar-refractivity contribution < 1.29 is 14.3 Å². The monoisotopic (exact) mass is 230 g/mol. The Labute approximate surface area is 99.6 Å². The molecule has 88 valence electrons. The van der Waals surface area contributed by atoms with Gasteiger partial charge in [-0.15, -0.1) is 0 Å². The van der Waals surface area contributed by atoms with Crippen LogP contribution in [-0.4, -0.2) is 11.7 Å². The van der Waals surface area contributed by atoms with Crippen LogP contribution in [0.1, 0.15) is 29.4 Å². The standard InChI is InChI=1S/C14H14O3/c15-14(13-4-2-8-17-13)11-5-6-12-10(9-11)3-1-7-16-12/h2,4-6,8-9,14-15H,1,3,7H2. The molecular formula is C14H14O3. The number of aliphatic hydroxyl groups excluding tert-OH is 1. The maximum absolute atomic E-state index is 10.1. The van der Waals surface area contributed by atoms with Crippen molar-refractivity contribution in [3.63, 3.8) is 0 Å². The molecule has 3 heteroatoms. The Kier molecular flexibility index (Phi) is 2.61. The maximum Gasteiger partial charge on any atom is 0.137 e. The van der Waals surface area contributed by atoms with Crippen molar-refractivity contribution in [2.24, 2.45) is 0 Å². The Bertz CT molecular complexity index is 502. The number of fused-ring (bicyclic) bond motifs is 1. The van der Waals surface area contributed by atoms with Gasteiger partial charge in [-0.3, -0.25) is 0 Å². The molecular weight excluding hydrogens is 216 g/mol. The van der Waals surface area contributed by atoms with Crippen LogP contribution in [0.3, 0.4) is 0 Å². The zero-order chi connectivity index (χ0) is 11.7. The summed E-state index contributed by atoms with van der Waals surface area (Å²) in [6.07, 6.45) is 2.92. The van der Waals surface area contributed by atoms with E-state index in [-0.39, 0.29) is 0 Å². The van der Waals surface area contributed by atoms with E-state index in [9.17, 15) is 5.11 Å². The molecule has 0 saturated carbocycles. The minimum atomic E-state index is -0.697. The van der Waals surface area contributed by atoms with Gasteiger partial charge in [-0.2, -0.15) is 0 Å². The average Bonchev–Trinajstić information content (AvgIpc) is 2.91. The highest BCUT2D eigenvalue weighted by Crippen LogP contribution is 2.30. The van der Waals surface area contributed by atoms with E-state index < -0.39 is 6.10 Å². The van der Waals surface area contributed by atoms with Crippen LogP contribution in [0.25, 0.3) is 0 Å². The maximum atomic E-state index is 10.1. The Morgan fingerprint density at radius 2 is 2.18 bits per heavy atom. The van der Waals surface area contributed by atoms with Crippen molar-refractivity contribution in [3.05, 3.63) is 53.5 Å². The van der Waals surface area contributed by atoms with Gasteiger partial charge in [-0.1, -0.05) is 6.07 Å². The van der Waals surface area contributed by atoms with Crippen LogP contribution >= 0.6 is 0 Å². The van der Waals surface area contributed by atoms with Crippen LogP contribution in [0.5, 0.6) is 5.75 Å². The molecule has 1 aromatic carbocycles. The summed E-state index contributed by atoms with van der Waals surface area (Å²) in [4.78, 5) is 0. The van der Waals surface area contributed by atoms with Crippen molar-refractivity contribution in [1.29, 1.82) is 0 Å². The molecule has 0 fully saturated rings. The lowest BCUT2D eigenvalue weighted by Crippen LogP contribution is -2.09. The number of benzene rings is 1. The van der Waals surface area contributed by atoms with Gasteiger partial charge >= 0.3 is 0 Å². The van der Waals surface area contributed by atoms with E-state index in [2.05, 4.69) is 0 Å². The van der Waals surface area contributed by atoms with Crippen LogP contribution in [0.15, 0.2) is 41.0 Å². The molecule has 1 unspecified atom stereocenters. The number of rotatable bonds is 2. The zero-order valence-corrected chi connectivity index (χ0v) is 9.43. The summed E-state index contributed by atoms with van der Waals surface area (Å²) in [6.45, 7) is 0.785. The van der Waals surface area contributed by atoms with Gasteiger partial charge in [0.1, 0.15) is 17.6 Å². The Hall–Kier alpha value is -1.74. The summed E-state index contributed by atoms with van der Waals surface area (Å²) in [5.41, 5.74) is 2.02. The Morgan fingerprint density at radius 1 is 1.24 bits per heavy atom. The van der Waals surface area contributed by atoms with Gasteiger partial charge in [0.05, 0.1) is 12.9 Å². The molecule has 17 heavy (non-hydrogen) atoms. The Balaban J connectivity index is 1.93. The lowest BCUT2D eigenvalue weighted by atomic mass is 10.00. The van der Waals surface area contributed by atoms with Crippen LogP contribution in [0, 0.1) is 0 Å². The van der Waals surface area contributed by atoms with Crippen molar-refractivity contribution in [1.82, 2.24) is 0 Å². The highest BCUT2D eigenvalue weighted by atomic mass is 16.5. The highest BCUT2D eigenvalue weighted by Gasteiger charge is 2.17. The lowest BCUT2D eigenvalue weighted by Gasteiger charge is -2.19. The SMILES string of the molecule is OC(c1ccc2c(c1)CCCO2)c1ccco1. The van der Waals surface area contributed by atoms with Crippen LogP contribution < -0.4 is 4.74 Å². The van der Waals surface area contributed by atoms with Crippen molar-refractivity contribution in [3.8, 4) is 5.75 Å². The number of hydrogen-bond acceptors (Lipinski definition) is 3. The summed E-state index contributed by atoms with van der Waals surface area (Å²) >= 11 is 0. The summed E-state index contributed by atoms with van der Waals surface area (Å²) < 4.78 is 10.8. The van der Waals surface area contributed by atoms with E-state index in [0.29, 0.717) is 5.76 Å². The molecule has 0 amide bonds. The second-order valence-corrected chi connectivity index (χ2v) is 4.24. The third-order valence-electron chi connectivity index (χ3n) is 3.06. The van der Waals surface area contributed by atoms with E-state index in [1.165, 1.54) is 5.56 Å². The normalized spacial score (nSPS) is 16.1. The third kappa shape index (κ3) is 1.94. The first-order valence-electron chi connectivity index (χ1n) is 5.82. The largest absolute Gasteiger partial charge is 0.493 e. The molecule has 1 aromatic heterocycles. The first kappa shape index (κ1) is 10.4. The molecule has 1 aliphatic heterocycles. The predicted molar refractivity (Wildman–Crippen MR) is 63.0 cm³/mol. The molecule has 2 aromatic rings. The second kappa shape index (κ2) is 4.26. The van der Waals surface area contributed by atoms with Crippen molar-refractivity contribution >= 4 is 0 Å². The smallest absolute Gasteiger partial charge is 0.137 e. The summed E-state index contributed by atoms with van der Waals surface area (Å²) in [7, 11) is 0. The van der Waals surface area contributed by atoms with Gasteiger partial charge < -0.3 is 14.3 Å². The molecule has 0 saturated heterocycles. The molecule has 1 N–H and O–H groups in total. The first-order chi connectivity index (χ1) is 8.34. The molecule has 0 radical (unpaired) electrons. The fourth-order valence-electron chi connectivity index (χ4n) is 2.16. The minimum absolute atomic E-state index is 0.571. The molecule has 0 aliphatic carbocycles. The van der Waals surface area contributed by atoms with E-state index in [1.807, 2.05) is 18.2 Å². The van der Waals surface area contributed by atoms with Crippen molar-refractivity contribution in [2.75, 3.05) is 6.61 Å². The number of ether oxygens (including phenoxy) is 1. The number of hydrogen-bond donors (Lipinski definition) is 1. The van der Waals surface area contributed by atoms with Gasteiger partial charge in [-0.05, 0) is 48.2 Å². The van der Waals surface area contributed by atoms with E-state index in [0.717, 1.165) is 30.8 Å². The number of furan rings is 1. The molecule has 3 nitrogen and oxygen atoms in total. The molecule has 1 aliphatic rings. The van der Waals surface area contributed by atoms with Gasteiger partial charge in [0.25, 0.3) is 0 Å². The van der Waals surface area contributed by atoms with Crippen molar-refractivity contribution in [2.45, 2.75) is 18.9 Å². The molecule has 2 heterocycles. The quantitative estimate of drug-likeness (QED) is 0.862. The summed E-state index contributed by atoms with van der Waals surface area (Å²) in [5.74, 6) is 1.51. The highest BCUT2D eigenvalue weighted by molar-refractivity contribution is 5.40. The van der Waals surface area contributed by atoms with Crippen LogP contribution in [0.4, 0.5) is 0 Å². The zero-order valence-electron chi connectivity index (χ0n) is 9.43. The van der Waals surface area contributed by atoms with Crippen LogP contribution in [-0.2, 0) is 6.42 Å². The van der Waals surface area contributed by atoms with E-state index in [1.54, 1.807) is 18.4 Å².